The second-order valence-corrected chi connectivity index (χ2v) is 6.64. The molecule has 0 bridgehead atoms. The molecule has 0 aliphatic heterocycles. The molecule has 1 aromatic rings. The van der Waals surface area contributed by atoms with E-state index < -0.39 is 5.60 Å². The van der Waals surface area contributed by atoms with E-state index in [1.807, 2.05) is 20.0 Å². The van der Waals surface area contributed by atoms with Gasteiger partial charge in [0.15, 0.2) is 0 Å². The summed E-state index contributed by atoms with van der Waals surface area (Å²) in [6, 6.07) is 0. The maximum Gasteiger partial charge on any atom is 0.128 e. The Morgan fingerprint density at radius 3 is 2.65 bits per heavy atom. The number of aliphatic hydroxyl groups is 1. The average Bonchev–Trinajstić information content (AvgIpc) is 2.39. The summed E-state index contributed by atoms with van der Waals surface area (Å²) in [5, 5.41) is 10.9. The molecule has 0 radical (unpaired) electrons. The maximum absolute atomic E-state index is 10.9. The highest BCUT2D eigenvalue weighted by Crippen LogP contribution is 2.39. The molecule has 0 saturated heterocycles. The first kappa shape index (κ1) is 15.3. The van der Waals surface area contributed by atoms with Crippen molar-refractivity contribution in [2.75, 3.05) is 7.11 Å². The van der Waals surface area contributed by atoms with Gasteiger partial charge in [-0.15, -0.1) is 0 Å². The Hall–Kier alpha value is -1.09. The zero-order chi connectivity index (χ0) is 14.9. The summed E-state index contributed by atoms with van der Waals surface area (Å²) in [6.45, 7) is 8.56. The minimum atomic E-state index is -0.607. The monoisotopic (exact) mass is 277 g/mol. The van der Waals surface area contributed by atoms with Crippen LogP contribution in [0.3, 0.4) is 0 Å². The third-order valence-electron chi connectivity index (χ3n) is 4.98. The maximum atomic E-state index is 10.9. The molecule has 1 saturated carbocycles. The Kier molecular flexibility index (Phi) is 4.38. The van der Waals surface area contributed by atoms with Crippen molar-refractivity contribution in [2.24, 2.45) is 11.8 Å². The van der Waals surface area contributed by atoms with Crippen LogP contribution in [0.25, 0.3) is 0 Å². The lowest BCUT2D eigenvalue weighted by Crippen LogP contribution is -2.40. The number of hydrogen-bond donors (Lipinski definition) is 1. The van der Waals surface area contributed by atoms with Gasteiger partial charge in [0.2, 0.25) is 0 Å². The van der Waals surface area contributed by atoms with E-state index in [4.69, 9.17) is 4.74 Å². The molecule has 2 rings (SSSR count). The Bertz CT molecular complexity index is 486. The minimum Gasteiger partial charge on any atom is -0.496 e. The van der Waals surface area contributed by atoms with Gasteiger partial charge in [0.25, 0.3) is 0 Å². The highest BCUT2D eigenvalue weighted by Gasteiger charge is 2.36. The van der Waals surface area contributed by atoms with E-state index in [0.717, 1.165) is 41.8 Å². The van der Waals surface area contributed by atoms with Gasteiger partial charge in [-0.05, 0) is 44.9 Å². The number of hydrogen-bond acceptors (Lipinski definition) is 3. The van der Waals surface area contributed by atoms with E-state index in [9.17, 15) is 5.11 Å². The van der Waals surface area contributed by atoms with Gasteiger partial charge < -0.3 is 9.84 Å². The Morgan fingerprint density at radius 2 is 2.05 bits per heavy atom. The Balaban J connectivity index is 2.22. The van der Waals surface area contributed by atoms with Crippen molar-refractivity contribution >= 4 is 0 Å². The Morgan fingerprint density at radius 1 is 1.35 bits per heavy atom. The smallest absolute Gasteiger partial charge is 0.128 e. The molecule has 1 fully saturated rings. The SMILES string of the molecule is COc1c(C)cnc(CC2(O)CCC(C)C(C)C2)c1C. The normalized spacial score (nSPS) is 30.3. The zero-order valence-corrected chi connectivity index (χ0v) is 13.4. The van der Waals surface area contributed by atoms with Crippen molar-refractivity contribution in [1.82, 2.24) is 4.98 Å². The van der Waals surface area contributed by atoms with Crippen molar-refractivity contribution in [2.45, 2.75) is 59.0 Å². The molecule has 1 aliphatic rings. The van der Waals surface area contributed by atoms with Crippen molar-refractivity contribution in [3.63, 3.8) is 0 Å². The first-order chi connectivity index (χ1) is 9.36. The van der Waals surface area contributed by atoms with Gasteiger partial charge in [-0.1, -0.05) is 13.8 Å². The van der Waals surface area contributed by atoms with Crippen molar-refractivity contribution in [3.8, 4) is 5.75 Å². The molecule has 0 aromatic carbocycles. The summed E-state index contributed by atoms with van der Waals surface area (Å²) in [7, 11) is 1.69. The molecule has 0 spiro atoms. The largest absolute Gasteiger partial charge is 0.496 e. The zero-order valence-electron chi connectivity index (χ0n) is 13.4. The standard InChI is InChI=1S/C17H27NO2/c1-11-6-7-17(19,8-12(11)2)9-15-14(4)16(20-5)13(3)10-18-15/h10-12,19H,6-9H2,1-5H3. The van der Waals surface area contributed by atoms with Gasteiger partial charge in [0, 0.05) is 29.4 Å². The highest BCUT2D eigenvalue weighted by atomic mass is 16.5. The first-order valence-electron chi connectivity index (χ1n) is 7.58. The van der Waals surface area contributed by atoms with Gasteiger partial charge in [-0.25, -0.2) is 0 Å². The second kappa shape index (κ2) is 5.72. The van der Waals surface area contributed by atoms with Gasteiger partial charge in [-0.3, -0.25) is 4.98 Å². The molecular weight excluding hydrogens is 250 g/mol. The number of ether oxygens (including phenoxy) is 1. The fourth-order valence-electron chi connectivity index (χ4n) is 3.40. The van der Waals surface area contributed by atoms with Gasteiger partial charge in [0.1, 0.15) is 5.75 Å². The number of methoxy groups -OCH3 is 1. The molecule has 1 N–H and O–H groups in total. The molecule has 1 aromatic heterocycles. The van der Waals surface area contributed by atoms with Crippen LogP contribution >= 0.6 is 0 Å². The van der Waals surface area contributed by atoms with Crippen molar-refractivity contribution in [3.05, 3.63) is 23.0 Å². The molecule has 3 heteroatoms. The topological polar surface area (TPSA) is 42.4 Å². The molecule has 112 valence electrons. The molecule has 3 nitrogen and oxygen atoms in total. The van der Waals surface area contributed by atoms with Crippen LogP contribution in [-0.4, -0.2) is 22.8 Å². The predicted molar refractivity (Wildman–Crippen MR) is 81.1 cm³/mol. The molecule has 0 amide bonds. The fraction of sp³-hybridized carbons (Fsp3) is 0.706. The number of aryl methyl sites for hydroxylation is 1. The first-order valence-corrected chi connectivity index (χ1v) is 7.58. The lowest BCUT2D eigenvalue weighted by Gasteiger charge is -2.39. The molecular formula is C17H27NO2. The summed E-state index contributed by atoms with van der Waals surface area (Å²) in [5.41, 5.74) is 2.47. The third-order valence-corrected chi connectivity index (χ3v) is 4.98. The Labute approximate surface area is 122 Å². The molecule has 20 heavy (non-hydrogen) atoms. The summed E-state index contributed by atoms with van der Waals surface area (Å²) < 4.78 is 5.46. The van der Waals surface area contributed by atoms with Crippen LogP contribution in [0.15, 0.2) is 6.20 Å². The summed E-state index contributed by atoms with van der Waals surface area (Å²) >= 11 is 0. The second-order valence-electron chi connectivity index (χ2n) is 6.64. The fourth-order valence-corrected chi connectivity index (χ4v) is 3.40. The number of nitrogens with zero attached hydrogens (tertiary/aromatic N) is 1. The van der Waals surface area contributed by atoms with E-state index >= 15 is 0 Å². The van der Waals surface area contributed by atoms with E-state index in [-0.39, 0.29) is 0 Å². The van der Waals surface area contributed by atoms with Crippen LogP contribution < -0.4 is 4.74 Å². The van der Waals surface area contributed by atoms with E-state index in [0.29, 0.717) is 18.3 Å². The van der Waals surface area contributed by atoms with Gasteiger partial charge >= 0.3 is 0 Å². The third kappa shape index (κ3) is 2.98. The molecule has 1 heterocycles. The highest BCUT2D eigenvalue weighted by molar-refractivity contribution is 5.41. The van der Waals surface area contributed by atoms with Crippen LogP contribution in [0.5, 0.6) is 5.75 Å². The van der Waals surface area contributed by atoms with E-state index in [2.05, 4.69) is 18.8 Å². The number of rotatable bonds is 3. The summed E-state index contributed by atoms with van der Waals surface area (Å²) in [4.78, 5) is 4.53. The van der Waals surface area contributed by atoms with Crippen molar-refractivity contribution < 1.29 is 9.84 Å². The van der Waals surface area contributed by atoms with Crippen LogP contribution in [-0.2, 0) is 6.42 Å². The summed E-state index contributed by atoms with van der Waals surface area (Å²) in [6.07, 6.45) is 5.31. The minimum absolute atomic E-state index is 0.571. The van der Waals surface area contributed by atoms with Crippen LogP contribution in [0, 0.1) is 25.7 Å². The van der Waals surface area contributed by atoms with Crippen LogP contribution in [0.2, 0.25) is 0 Å². The van der Waals surface area contributed by atoms with E-state index in [1.165, 1.54) is 0 Å². The van der Waals surface area contributed by atoms with Crippen LogP contribution in [0.4, 0.5) is 0 Å². The predicted octanol–water partition coefficient (Wildman–Crippen LogP) is 3.44. The molecule has 3 atom stereocenters. The lowest BCUT2D eigenvalue weighted by atomic mass is 9.71. The molecule has 3 unspecified atom stereocenters. The molecule has 1 aliphatic carbocycles. The average molecular weight is 277 g/mol. The van der Waals surface area contributed by atoms with Crippen molar-refractivity contribution in [1.29, 1.82) is 0 Å². The lowest BCUT2D eigenvalue weighted by molar-refractivity contribution is -0.0287. The summed E-state index contributed by atoms with van der Waals surface area (Å²) in [5.74, 6) is 2.18. The number of pyridine rings is 1. The van der Waals surface area contributed by atoms with Gasteiger partial charge in [0.05, 0.1) is 12.7 Å². The van der Waals surface area contributed by atoms with Crippen LogP contribution in [0.1, 0.15) is 49.9 Å². The number of aromatic nitrogens is 1. The van der Waals surface area contributed by atoms with E-state index in [1.54, 1.807) is 7.11 Å². The van der Waals surface area contributed by atoms with Gasteiger partial charge in [-0.2, -0.15) is 0 Å². The quantitative estimate of drug-likeness (QED) is 0.920.